The number of nitrogens with zero attached hydrogens (tertiary/aromatic N) is 2. The van der Waals surface area contributed by atoms with Gasteiger partial charge in [0.15, 0.2) is 5.75 Å². The van der Waals surface area contributed by atoms with Crippen LogP contribution >= 0.6 is 0 Å². The molecule has 2 rings (SSSR count). The smallest absolute Gasteiger partial charge is 0.313 e. The summed E-state index contributed by atoms with van der Waals surface area (Å²) in [5.41, 5.74) is 3.78. The van der Waals surface area contributed by atoms with E-state index in [1.54, 1.807) is 43.5 Å². The Balaban J connectivity index is 2.18. The molecule has 0 fully saturated rings. The number of nitrogens with two attached hydrogens (primary N) is 1. The molecule has 0 aliphatic rings. The van der Waals surface area contributed by atoms with E-state index < -0.39 is 4.92 Å². The average Bonchev–Trinajstić information content (AvgIpc) is 2.45. The van der Waals surface area contributed by atoms with Crippen molar-refractivity contribution in [1.29, 1.82) is 0 Å². The van der Waals surface area contributed by atoms with Crippen LogP contribution < -0.4 is 16.0 Å². The number of aromatic nitrogens is 1. The monoisotopic (exact) mass is 274 g/mol. The van der Waals surface area contributed by atoms with Gasteiger partial charge in [0, 0.05) is 11.8 Å². The molecule has 0 aliphatic carbocycles. The molecule has 20 heavy (non-hydrogen) atoms. The molecular formula is C13H14N4O3. The molecule has 0 spiro atoms. The predicted molar refractivity (Wildman–Crippen MR) is 74.2 cm³/mol. The van der Waals surface area contributed by atoms with Crippen LogP contribution in [0.25, 0.3) is 0 Å². The molecule has 7 heteroatoms. The highest BCUT2D eigenvalue weighted by Crippen LogP contribution is 2.30. The number of nitrogen functional groups attached to an aromatic ring is 1. The molecule has 0 unspecified atom stereocenters. The van der Waals surface area contributed by atoms with Gasteiger partial charge in [0.05, 0.1) is 4.92 Å². The minimum absolute atomic E-state index is 0.0151. The summed E-state index contributed by atoms with van der Waals surface area (Å²) in [6.45, 7) is 1.87. The van der Waals surface area contributed by atoms with Crippen LogP contribution in [0.1, 0.15) is 11.1 Å². The molecule has 1 aromatic heterocycles. The summed E-state index contributed by atoms with van der Waals surface area (Å²) in [4.78, 5) is 14.6. The van der Waals surface area contributed by atoms with Crippen LogP contribution in [0.3, 0.4) is 0 Å². The number of anilines is 1. The lowest BCUT2D eigenvalue weighted by Crippen LogP contribution is -2.09. The van der Waals surface area contributed by atoms with Crippen LogP contribution in [0.5, 0.6) is 5.75 Å². The number of hydrogen-bond acceptors (Lipinski definition) is 6. The van der Waals surface area contributed by atoms with Gasteiger partial charge in [-0.05, 0) is 30.7 Å². The third-order valence-electron chi connectivity index (χ3n) is 2.75. The Morgan fingerprint density at radius 1 is 1.45 bits per heavy atom. The van der Waals surface area contributed by atoms with Gasteiger partial charge in [-0.2, -0.15) is 0 Å². The lowest BCUT2D eigenvalue weighted by molar-refractivity contribution is -0.386. The molecule has 0 radical (unpaired) electrons. The second-order valence-electron chi connectivity index (χ2n) is 4.16. The van der Waals surface area contributed by atoms with Crippen LogP contribution in [0.2, 0.25) is 0 Å². The van der Waals surface area contributed by atoms with Crippen molar-refractivity contribution in [2.24, 2.45) is 5.84 Å². The highest BCUT2D eigenvalue weighted by atomic mass is 16.6. The molecule has 104 valence electrons. The van der Waals surface area contributed by atoms with Gasteiger partial charge in [-0.25, -0.2) is 10.8 Å². The van der Waals surface area contributed by atoms with Crippen LogP contribution in [0.4, 0.5) is 11.5 Å². The Morgan fingerprint density at radius 2 is 2.25 bits per heavy atom. The molecule has 0 saturated carbocycles. The maximum Gasteiger partial charge on any atom is 0.313 e. The first-order valence-electron chi connectivity index (χ1n) is 5.90. The van der Waals surface area contributed by atoms with Crippen LogP contribution in [0, 0.1) is 17.0 Å². The SMILES string of the molecule is Cc1cccc(OCc2ccnc(NN)c2)c1[N+](=O)[O-]. The van der Waals surface area contributed by atoms with Gasteiger partial charge in [-0.1, -0.05) is 12.1 Å². The highest BCUT2D eigenvalue weighted by Gasteiger charge is 2.18. The van der Waals surface area contributed by atoms with E-state index in [0.29, 0.717) is 11.4 Å². The number of pyridine rings is 1. The van der Waals surface area contributed by atoms with Crippen molar-refractivity contribution in [3.05, 3.63) is 57.8 Å². The molecule has 7 nitrogen and oxygen atoms in total. The van der Waals surface area contributed by atoms with Crippen molar-refractivity contribution in [1.82, 2.24) is 4.98 Å². The third-order valence-corrected chi connectivity index (χ3v) is 2.75. The molecular weight excluding hydrogens is 260 g/mol. The summed E-state index contributed by atoms with van der Waals surface area (Å²) in [6, 6.07) is 8.43. The van der Waals surface area contributed by atoms with Crippen molar-refractivity contribution in [2.45, 2.75) is 13.5 Å². The van der Waals surface area contributed by atoms with E-state index in [0.717, 1.165) is 5.56 Å². The minimum Gasteiger partial charge on any atom is -0.482 e. The van der Waals surface area contributed by atoms with Gasteiger partial charge in [-0.15, -0.1) is 0 Å². The molecule has 2 aromatic rings. The maximum absolute atomic E-state index is 11.0. The number of nitro benzene ring substituents is 1. The summed E-state index contributed by atoms with van der Waals surface area (Å²) >= 11 is 0. The largest absolute Gasteiger partial charge is 0.482 e. The Bertz CT molecular complexity index is 631. The van der Waals surface area contributed by atoms with Crippen molar-refractivity contribution in [2.75, 3.05) is 5.43 Å². The molecule has 0 aliphatic heterocycles. The van der Waals surface area contributed by atoms with Gasteiger partial charge < -0.3 is 10.2 Å². The topological polar surface area (TPSA) is 103 Å². The summed E-state index contributed by atoms with van der Waals surface area (Å²) in [7, 11) is 0. The average molecular weight is 274 g/mol. The van der Waals surface area contributed by atoms with Crippen molar-refractivity contribution in [3.63, 3.8) is 0 Å². The number of benzene rings is 1. The Kier molecular flexibility index (Phi) is 4.11. The number of nitrogens with one attached hydrogen (secondary N) is 1. The lowest BCUT2D eigenvalue weighted by atomic mass is 10.2. The van der Waals surface area contributed by atoms with Crippen molar-refractivity contribution in [3.8, 4) is 5.75 Å². The first-order valence-corrected chi connectivity index (χ1v) is 5.90. The highest BCUT2D eigenvalue weighted by molar-refractivity contribution is 5.52. The van der Waals surface area contributed by atoms with E-state index in [4.69, 9.17) is 10.6 Å². The Hall–Kier alpha value is -2.67. The molecule has 0 saturated heterocycles. The molecule has 1 aromatic carbocycles. The van der Waals surface area contributed by atoms with E-state index in [-0.39, 0.29) is 18.0 Å². The number of para-hydroxylation sites is 1. The third kappa shape index (κ3) is 3.01. The summed E-state index contributed by atoms with van der Waals surface area (Å²) in [5, 5.41) is 11.0. The predicted octanol–water partition coefficient (Wildman–Crippen LogP) is 2.16. The van der Waals surface area contributed by atoms with E-state index >= 15 is 0 Å². The zero-order chi connectivity index (χ0) is 14.5. The standard InChI is InChI=1S/C13H14N4O3/c1-9-3-2-4-11(13(9)17(18)19)20-8-10-5-6-15-12(7-10)16-14/h2-7H,8,14H2,1H3,(H,15,16). The fourth-order valence-electron chi connectivity index (χ4n) is 1.79. The normalized spacial score (nSPS) is 10.1. The van der Waals surface area contributed by atoms with Gasteiger partial charge in [-0.3, -0.25) is 10.1 Å². The minimum atomic E-state index is -0.440. The van der Waals surface area contributed by atoms with Crippen molar-refractivity contribution >= 4 is 11.5 Å². The number of aryl methyl sites for hydroxylation is 1. The molecule has 0 atom stereocenters. The molecule has 3 N–H and O–H groups in total. The lowest BCUT2D eigenvalue weighted by Gasteiger charge is -2.08. The van der Waals surface area contributed by atoms with Crippen LogP contribution in [0.15, 0.2) is 36.5 Å². The zero-order valence-electron chi connectivity index (χ0n) is 10.9. The second-order valence-corrected chi connectivity index (χ2v) is 4.16. The number of ether oxygens (including phenoxy) is 1. The molecule has 0 bridgehead atoms. The first kappa shape index (κ1) is 13.8. The molecule has 0 amide bonds. The van der Waals surface area contributed by atoms with Gasteiger partial charge in [0.25, 0.3) is 0 Å². The van der Waals surface area contributed by atoms with Crippen LogP contribution in [-0.2, 0) is 6.61 Å². The summed E-state index contributed by atoms with van der Waals surface area (Å²) in [6.07, 6.45) is 1.58. The van der Waals surface area contributed by atoms with Gasteiger partial charge in [0.1, 0.15) is 12.4 Å². The number of nitro groups is 1. The van der Waals surface area contributed by atoms with Gasteiger partial charge in [0.2, 0.25) is 0 Å². The number of hydrogen-bond donors (Lipinski definition) is 2. The fraction of sp³-hybridized carbons (Fsp3) is 0.154. The van der Waals surface area contributed by atoms with E-state index in [9.17, 15) is 10.1 Å². The van der Waals surface area contributed by atoms with E-state index in [2.05, 4.69) is 10.4 Å². The summed E-state index contributed by atoms with van der Waals surface area (Å²) in [5.74, 6) is 6.02. The zero-order valence-corrected chi connectivity index (χ0v) is 10.9. The Labute approximate surface area is 115 Å². The van der Waals surface area contributed by atoms with E-state index in [1.807, 2.05) is 0 Å². The second kappa shape index (κ2) is 5.98. The molecule has 1 heterocycles. The quantitative estimate of drug-likeness (QED) is 0.492. The van der Waals surface area contributed by atoms with Crippen molar-refractivity contribution < 1.29 is 9.66 Å². The first-order chi connectivity index (χ1) is 9.61. The van der Waals surface area contributed by atoms with Gasteiger partial charge >= 0.3 is 5.69 Å². The number of hydrazine groups is 1. The Morgan fingerprint density at radius 3 is 2.95 bits per heavy atom. The number of rotatable bonds is 5. The van der Waals surface area contributed by atoms with Crippen LogP contribution in [-0.4, -0.2) is 9.91 Å². The maximum atomic E-state index is 11.0. The van der Waals surface area contributed by atoms with E-state index in [1.165, 1.54) is 0 Å². The fourth-order valence-corrected chi connectivity index (χ4v) is 1.79. The summed E-state index contributed by atoms with van der Waals surface area (Å²) < 4.78 is 5.53.